The van der Waals surface area contributed by atoms with Crippen LogP contribution in [0.25, 0.3) is 16.5 Å². The summed E-state index contributed by atoms with van der Waals surface area (Å²) in [5, 5.41) is 4.22. The lowest BCUT2D eigenvalue weighted by Crippen LogP contribution is -2.35. The van der Waals surface area contributed by atoms with Crippen molar-refractivity contribution in [3.63, 3.8) is 0 Å². The van der Waals surface area contributed by atoms with Crippen LogP contribution in [0.4, 0.5) is 0 Å². The van der Waals surface area contributed by atoms with Gasteiger partial charge in [-0.15, -0.1) is 11.3 Å². The molecule has 0 amide bonds. The number of benzene rings is 1. The largest absolute Gasteiger partial charge is 0.309 e. The molecule has 0 saturated carbocycles. The zero-order valence-electron chi connectivity index (χ0n) is 12.1. The standard InChI is InChI=1S/C17H20ClNS/c1-17(2,3)19-11-5-8-15-9-10-16(20-15)13-6-4-7-14(18)12-13/h4-10,12,19H,11H2,1-3H3. The summed E-state index contributed by atoms with van der Waals surface area (Å²) in [4.78, 5) is 2.51. The van der Waals surface area contributed by atoms with Gasteiger partial charge in [0.25, 0.3) is 0 Å². The van der Waals surface area contributed by atoms with Crippen molar-refractivity contribution in [3.8, 4) is 10.4 Å². The van der Waals surface area contributed by atoms with Gasteiger partial charge < -0.3 is 5.32 Å². The molecule has 106 valence electrons. The molecule has 20 heavy (non-hydrogen) atoms. The minimum absolute atomic E-state index is 0.158. The van der Waals surface area contributed by atoms with Gasteiger partial charge in [0.15, 0.2) is 0 Å². The van der Waals surface area contributed by atoms with Crippen molar-refractivity contribution in [2.45, 2.75) is 26.3 Å². The van der Waals surface area contributed by atoms with E-state index in [0.717, 1.165) is 11.6 Å². The molecule has 0 spiro atoms. The number of rotatable bonds is 4. The van der Waals surface area contributed by atoms with Crippen molar-refractivity contribution in [2.24, 2.45) is 0 Å². The maximum Gasteiger partial charge on any atom is 0.0412 e. The lowest BCUT2D eigenvalue weighted by Gasteiger charge is -2.18. The lowest BCUT2D eigenvalue weighted by atomic mass is 10.1. The first-order valence-electron chi connectivity index (χ1n) is 6.71. The smallest absolute Gasteiger partial charge is 0.0412 e. The minimum atomic E-state index is 0.158. The van der Waals surface area contributed by atoms with Crippen LogP contribution in [0, 0.1) is 0 Å². The molecule has 1 aromatic carbocycles. The Morgan fingerprint density at radius 3 is 2.70 bits per heavy atom. The zero-order chi connectivity index (χ0) is 14.6. The summed E-state index contributed by atoms with van der Waals surface area (Å²) in [6.45, 7) is 7.39. The van der Waals surface area contributed by atoms with Crippen LogP contribution in [0.1, 0.15) is 25.6 Å². The van der Waals surface area contributed by atoms with Gasteiger partial charge in [0.1, 0.15) is 0 Å². The third kappa shape index (κ3) is 4.78. The van der Waals surface area contributed by atoms with Gasteiger partial charge in [0, 0.05) is 26.9 Å². The summed E-state index contributed by atoms with van der Waals surface area (Å²) in [6, 6.07) is 12.3. The highest BCUT2D eigenvalue weighted by molar-refractivity contribution is 7.16. The van der Waals surface area contributed by atoms with Gasteiger partial charge in [0.05, 0.1) is 0 Å². The first-order chi connectivity index (χ1) is 9.44. The van der Waals surface area contributed by atoms with Crippen molar-refractivity contribution in [3.05, 3.63) is 52.4 Å². The molecule has 0 unspecified atom stereocenters. The summed E-state index contributed by atoms with van der Waals surface area (Å²) in [5.74, 6) is 0. The fraction of sp³-hybridized carbons (Fsp3) is 0.294. The third-order valence-corrected chi connectivity index (χ3v) is 4.10. The van der Waals surface area contributed by atoms with Crippen molar-refractivity contribution in [1.82, 2.24) is 5.32 Å². The molecule has 0 radical (unpaired) electrons. The molecule has 2 rings (SSSR count). The van der Waals surface area contributed by atoms with Crippen LogP contribution in [0.5, 0.6) is 0 Å². The van der Waals surface area contributed by atoms with Crippen LogP contribution in [-0.2, 0) is 0 Å². The molecule has 0 atom stereocenters. The van der Waals surface area contributed by atoms with E-state index >= 15 is 0 Å². The second kappa shape index (κ2) is 6.57. The molecular formula is C17H20ClNS. The van der Waals surface area contributed by atoms with Gasteiger partial charge >= 0.3 is 0 Å². The first kappa shape index (κ1) is 15.3. The number of hydrogen-bond donors (Lipinski definition) is 1. The molecule has 0 aliphatic carbocycles. The molecule has 1 N–H and O–H groups in total. The number of hydrogen-bond acceptors (Lipinski definition) is 2. The van der Waals surface area contributed by atoms with Crippen molar-refractivity contribution >= 4 is 29.0 Å². The van der Waals surface area contributed by atoms with Gasteiger partial charge in [-0.1, -0.05) is 29.8 Å². The average Bonchev–Trinajstić information content (AvgIpc) is 2.82. The Hall–Kier alpha value is -1.09. The highest BCUT2D eigenvalue weighted by atomic mass is 35.5. The Bertz CT molecular complexity index is 593. The third-order valence-electron chi connectivity index (χ3n) is 2.77. The topological polar surface area (TPSA) is 12.0 Å². The maximum absolute atomic E-state index is 6.03. The lowest BCUT2D eigenvalue weighted by molar-refractivity contribution is 0.450. The second-order valence-electron chi connectivity index (χ2n) is 5.75. The van der Waals surface area contributed by atoms with E-state index in [4.69, 9.17) is 11.6 Å². The number of halogens is 1. The summed E-state index contributed by atoms with van der Waals surface area (Å²) >= 11 is 7.81. The van der Waals surface area contributed by atoms with E-state index in [9.17, 15) is 0 Å². The predicted octanol–water partition coefficient (Wildman–Crippen LogP) is 5.47. The summed E-state index contributed by atoms with van der Waals surface area (Å²) in [5.41, 5.74) is 1.33. The fourth-order valence-electron chi connectivity index (χ4n) is 1.78. The second-order valence-corrected chi connectivity index (χ2v) is 7.30. The Balaban J connectivity index is 2.01. The molecule has 1 nitrogen and oxygen atoms in total. The SMILES string of the molecule is CC(C)(C)NCC=Cc1ccc(-c2cccc(Cl)c2)s1. The van der Waals surface area contributed by atoms with E-state index in [1.54, 1.807) is 11.3 Å². The fourth-order valence-corrected chi connectivity index (χ4v) is 2.90. The molecule has 0 saturated heterocycles. The van der Waals surface area contributed by atoms with Gasteiger partial charge in [-0.25, -0.2) is 0 Å². The van der Waals surface area contributed by atoms with Crippen LogP contribution in [0.2, 0.25) is 5.02 Å². The molecule has 0 fully saturated rings. The van der Waals surface area contributed by atoms with Crippen LogP contribution < -0.4 is 5.32 Å². The molecule has 1 aromatic heterocycles. The summed E-state index contributed by atoms with van der Waals surface area (Å²) in [7, 11) is 0. The number of nitrogens with one attached hydrogen (secondary N) is 1. The molecule has 1 heterocycles. The van der Waals surface area contributed by atoms with Gasteiger partial charge in [-0.3, -0.25) is 0 Å². The van der Waals surface area contributed by atoms with E-state index in [1.807, 2.05) is 18.2 Å². The average molecular weight is 306 g/mol. The van der Waals surface area contributed by atoms with Crippen molar-refractivity contribution < 1.29 is 0 Å². The van der Waals surface area contributed by atoms with Crippen LogP contribution in [-0.4, -0.2) is 12.1 Å². The van der Waals surface area contributed by atoms with E-state index in [1.165, 1.54) is 15.3 Å². The summed E-state index contributed by atoms with van der Waals surface area (Å²) in [6.07, 6.45) is 4.33. The highest BCUT2D eigenvalue weighted by Gasteiger charge is 2.06. The Morgan fingerprint density at radius 2 is 2.00 bits per heavy atom. The Kier molecular flexibility index (Phi) is 5.03. The van der Waals surface area contributed by atoms with Gasteiger partial charge in [-0.2, -0.15) is 0 Å². The van der Waals surface area contributed by atoms with Gasteiger partial charge in [0.2, 0.25) is 0 Å². The maximum atomic E-state index is 6.03. The number of thiophene rings is 1. The van der Waals surface area contributed by atoms with Crippen LogP contribution in [0.3, 0.4) is 0 Å². The first-order valence-corrected chi connectivity index (χ1v) is 7.91. The molecular weight excluding hydrogens is 286 g/mol. The van der Waals surface area contributed by atoms with E-state index in [0.29, 0.717) is 0 Å². The molecule has 0 aliphatic rings. The molecule has 2 aromatic rings. The summed E-state index contributed by atoms with van der Waals surface area (Å²) < 4.78 is 0. The van der Waals surface area contributed by atoms with Crippen molar-refractivity contribution in [1.29, 1.82) is 0 Å². The normalized spacial score (nSPS) is 12.2. The quantitative estimate of drug-likeness (QED) is 0.789. The highest BCUT2D eigenvalue weighted by Crippen LogP contribution is 2.30. The zero-order valence-corrected chi connectivity index (χ0v) is 13.7. The van der Waals surface area contributed by atoms with E-state index in [2.05, 4.69) is 56.4 Å². The van der Waals surface area contributed by atoms with Crippen LogP contribution >= 0.6 is 22.9 Å². The minimum Gasteiger partial charge on any atom is -0.309 e. The predicted molar refractivity (Wildman–Crippen MR) is 91.6 cm³/mol. The van der Waals surface area contributed by atoms with Crippen molar-refractivity contribution in [2.75, 3.05) is 6.54 Å². The van der Waals surface area contributed by atoms with E-state index in [-0.39, 0.29) is 5.54 Å². The molecule has 3 heteroatoms. The van der Waals surface area contributed by atoms with Crippen LogP contribution in [0.15, 0.2) is 42.5 Å². The van der Waals surface area contributed by atoms with E-state index < -0.39 is 0 Å². The monoisotopic (exact) mass is 305 g/mol. The molecule has 0 bridgehead atoms. The Labute approximate surface area is 130 Å². The van der Waals surface area contributed by atoms with Gasteiger partial charge in [-0.05, 0) is 56.7 Å². The molecule has 0 aliphatic heterocycles. The Morgan fingerprint density at radius 1 is 1.20 bits per heavy atom.